The first-order valence-electron chi connectivity index (χ1n) is 7.48. The molecule has 0 aromatic heterocycles. The van der Waals surface area contributed by atoms with Crippen LogP contribution in [-0.2, 0) is 0 Å². The minimum atomic E-state index is -0.588. The van der Waals surface area contributed by atoms with Gasteiger partial charge in [0.05, 0.1) is 17.4 Å². The van der Waals surface area contributed by atoms with Crippen molar-refractivity contribution in [3.05, 3.63) is 59.7 Å². The predicted octanol–water partition coefficient (Wildman–Crippen LogP) is 3.22. The smallest absolute Gasteiger partial charge is 0.255 e. The molecule has 0 fully saturated rings. The second-order valence-electron chi connectivity index (χ2n) is 5.23. The number of carbonyl (C=O) groups excluding carboxylic acids is 2. The number of hydrogen-bond donors (Lipinski definition) is 2. The zero-order valence-corrected chi connectivity index (χ0v) is 13.2. The number of primary amides is 1. The van der Waals surface area contributed by atoms with Gasteiger partial charge in [0.1, 0.15) is 5.75 Å². The summed E-state index contributed by atoms with van der Waals surface area (Å²) in [7, 11) is 0. The molecule has 23 heavy (non-hydrogen) atoms. The third kappa shape index (κ3) is 4.32. The Morgan fingerprint density at radius 2 is 1.91 bits per heavy atom. The number of benzene rings is 2. The Hall–Kier alpha value is -2.82. The average molecular weight is 312 g/mol. The summed E-state index contributed by atoms with van der Waals surface area (Å²) >= 11 is 0. The van der Waals surface area contributed by atoms with Crippen LogP contribution in [0, 0.1) is 0 Å². The lowest BCUT2D eigenvalue weighted by molar-refractivity contribution is 0.100. The van der Waals surface area contributed by atoms with E-state index in [0.29, 0.717) is 17.0 Å². The average Bonchev–Trinajstić information content (AvgIpc) is 2.55. The number of anilines is 1. The highest BCUT2D eigenvalue weighted by Crippen LogP contribution is 2.19. The van der Waals surface area contributed by atoms with Crippen LogP contribution in [0.2, 0.25) is 0 Å². The molecule has 0 saturated heterocycles. The number of rotatable bonds is 6. The molecule has 2 amide bonds. The van der Waals surface area contributed by atoms with Crippen molar-refractivity contribution in [1.82, 2.24) is 0 Å². The van der Waals surface area contributed by atoms with Gasteiger partial charge in [-0.1, -0.05) is 25.1 Å². The van der Waals surface area contributed by atoms with E-state index in [0.717, 1.165) is 6.42 Å². The lowest BCUT2D eigenvalue weighted by atomic mass is 10.1. The van der Waals surface area contributed by atoms with Gasteiger partial charge in [0.15, 0.2) is 0 Å². The number of hydrogen-bond acceptors (Lipinski definition) is 3. The zero-order chi connectivity index (χ0) is 16.8. The van der Waals surface area contributed by atoms with Crippen LogP contribution in [0.15, 0.2) is 48.5 Å². The molecule has 0 radical (unpaired) electrons. The Balaban J connectivity index is 2.18. The van der Waals surface area contributed by atoms with Gasteiger partial charge in [-0.05, 0) is 43.7 Å². The van der Waals surface area contributed by atoms with Crippen molar-refractivity contribution in [2.24, 2.45) is 5.73 Å². The number of ether oxygens (including phenoxy) is 1. The fourth-order valence-corrected chi connectivity index (χ4v) is 2.03. The van der Waals surface area contributed by atoms with Crippen LogP contribution in [0.5, 0.6) is 5.75 Å². The molecule has 2 rings (SSSR count). The Kier molecular flexibility index (Phi) is 5.36. The molecular formula is C18H20N2O3. The molecule has 3 N–H and O–H groups in total. The fourth-order valence-electron chi connectivity index (χ4n) is 2.03. The summed E-state index contributed by atoms with van der Waals surface area (Å²) in [5, 5.41) is 2.71. The summed E-state index contributed by atoms with van der Waals surface area (Å²) in [4.78, 5) is 23.8. The van der Waals surface area contributed by atoms with Crippen molar-refractivity contribution in [3.63, 3.8) is 0 Å². The molecular weight excluding hydrogens is 292 g/mol. The fraction of sp³-hybridized carbons (Fsp3) is 0.222. The van der Waals surface area contributed by atoms with Gasteiger partial charge in [-0.2, -0.15) is 0 Å². The first-order chi connectivity index (χ1) is 11.0. The second kappa shape index (κ2) is 7.45. The van der Waals surface area contributed by atoms with Gasteiger partial charge in [-0.25, -0.2) is 0 Å². The monoisotopic (exact) mass is 312 g/mol. The van der Waals surface area contributed by atoms with Gasteiger partial charge in [0.25, 0.3) is 11.8 Å². The Morgan fingerprint density at radius 3 is 2.61 bits per heavy atom. The largest absolute Gasteiger partial charge is 0.491 e. The lowest BCUT2D eigenvalue weighted by Gasteiger charge is -2.13. The van der Waals surface area contributed by atoms with Gasteiger partial charge in [-0.15, -0.1) is 0 Å². The molecule has 0 saturated carbocycles. The Labute approximate surface area is 135 Å². The van der Waals surface area contributed by atoms with Gasteiger partial charge < -0.3 is 15.8 Å². The van der Waals surface area contributed by atoms with Gasteiger partial charge in [-0.3, -0.25) is 9.59 Å². The third-order valence-corrected chi connectivity index (χ3v) is 3.45. The molecule has 2 aromatic rings. The van der Waals surface area contributed by atoms with Crippen LogP contribution in [0.3, 0.4) is 0 Å². The molecule has 2 aromatic carbocycles. The quantitative estimate of drug-likeness (QED) is 0.859. The number of nitrogens with one attached hydrogen (secondary N) is 1. The highest BCUT2D eigenvalue weighted by molar-refractivity contribution is 6.08. The topological polar surface area (TPSA) is 81.4 Å². The standard InChI is InChI=1S/C18H20N2O3/c1-3-12(2)23-14-8-6-7-13(11-14)18(22)20-16-10-5-4-9-15(16)17(19)21/h4-12H,3H2,1-2H3,(H2,19,21)(H,20,22)/t12-/m1/s1. The van der Waals surface area contributed by atoms with Gasteiger partial charge in [0, 0.05) is 5.56 Å². The SMILES string of the molecule is CC[C@@H](C)Oc1cccc(C(=O)Nc2ccccc2C(N)=O)c1. The molecule has 0 spiro atoms. The molecule has 0 aliphatic heterocycles. The van der Waals surface area contributed by atoms with Gasteiger partial charge >= 0.3 is 0 Å². The molecule has 1 atom stereocenters. The first-order valence-corrected chi connectivity index (χ1v) is 7.48. The highest BCUT2D eigenvalue weighted by atomic mass is 16.5. The van der Waals surface area contributed by atoms with Gasteiger partial charge in [0.2, 0.25) is 0 Å². The maximum atomic E-state index is 12.4. The summed E-state index contributed by atoms with van der Waals surface area (Å²) < 4.78 is 5.71. The van der Waals surface area contributed by atoms with Crippen LogP contribution in [0.25, 0.3) is 0 Å². The van der Waals surface area contributed by atoms with Crippen LogP contribution >= 0.6 is 0 Å². The zero-order valence-electron chi connectivity index (χ0n) is 13.2. The predicted molar refractivity (Wildman–Crippen MR) is 89.7 cm³/mol. The number of amides is 2. The van der Waals surface area contributed by atoms with E-state index in [4.69, 9.17) is 10.5 Å². The van der Waals surface area contributed by atoms with E-state index in [1.807, 2.05) is 13.8 Å². The highest BCUT2D eigenvalue weighted by Gasteiger charge is 2.12. The molecule has 0 aliphatic rings. The van der Waals surface area contributed by atoms with Crippen molar-refractivity contribution in [3.8, 4) is 5.75 Å². The van der Waals surface area contributed by atoms with Crippen molar-refractivity contribution in [2.75, 3.05) is 5.32 Å². The number of para-hydroxylation sites is 1. The summed E-state index contributed by atoms with van der Waals surface area (Å²) in [5.41, 5.74) is 6.42. The Bertz CT molecular complexity index is 713. The second-order valence-corrected chi connectivity index (χ2v) is 5.23. The van der Waals surface area contributed by atoms with E-state index in [9.17, 15) is 9.59 Å². The molecule has 120 valence electrons. The molecule has 0 heterocycles. The molecule has 0 aliphatic carbocycles. The number of nitrogens with two attached hydrogens (primary N) is 1. The van der Waals surface area contributed by atoms with Crippen LogP contribution in [-0.4, -0.2) is 17.9 Å². The van der Waals surface area contributed by atoms with E-state index in [1.165, 1.54) is 0 Å². The van der Waals surface area contributed by atoms with E-state index < -0.39 is 5.91 Å². The van der Waals surface area contributed by atoms with Crippen molar-refractivity contribution >= 4 is 17.5 Å². The minimum Gasteiger partial charge on any atom is -0.491 e. The lowest BCUT2D eigenvalue weighted by Crippen LogP contribution is -2.18. The first kappa shape index (κ1) is 16.5. The summed E-state index contributed by atoms with van der Waals surface area (Å²) in [6.45, 7) is 4.00. The van der Waals surface area contributed by atoms with Crippen molar-refractivity contribution < 1.29 is 14.3 Å². The van der Waals surface area contributed by atoms with Crippen LogP contribution in [0.4, 0.5) is 5.69 Å². The van der Waals surface area contributed by atoms with Crippen molar-refractivity contribution in [2.45, 2.75) is 26.4 Å². The van der Waals surface area contributed by atoms with Crippen molar-refractivity contribution in [1.29, 1.82) is 0 Å². The summed E-state index contributed by atoms with van der Waals surface area (Å²) in [6.07, 6.45) is 0.950. The Morgan fingerprint density at radius 1 is 1.17 bits per heavy atom. The summed E-state index contributed by atoms with van der Waals surface area (Å²) in [6, 6.07) is 13.5. The van der Waals surface area contributed by atoms with Crippen LogP contribution in [0.1, 0.15) is 41.0 Å². The number of carbonyl (C=O) groups is 2. The van der Waals surface area contributed by atoms with E-state index in [2.05, 4.69) is 5.32 Å². The summed E-state index contributed by atoms with van der Waals surface area (Å²) in [5.74, 6) is -0.279. The molecule has 0 bridgehead atoms. The third-order valence-electron chi connectivity index (χ3n) is 3.45. The van der Waals surface area contributed by atoms with Crippen LogP contribution < -0.4 is 15.8 Å². The minimum absolute atomic E-state index is 0.0731. The van der Waals surface area contributed by atoms with E-state index in [-0.39, 0.29) is 17.6 Å². The molecule has 0 unspecified atom stereocenters. The maximum Gasteiger partial charge on any atom is 0.255 e. The molecule has 5 nitrogen and oxygen atoms in total. The molecule has 5 heteroatoms. The normalized spacial score (nSPS) is 11.6. The maximum absolute atomic E-state index is 12.4. The van der Waals surface area contributed by atoms with E-state index in [1.54, 1.807) is 48.5 Å². The van der Waals surface area contributed by atoms with E-state index >= 15 is 0 Å².